The molecule has 0 atom stereocenters. The summed E-state index contributed by atoms with van der Waals surface area (Å²) in [6.45, 7) is 1.56. The number of hydrogen-bond donors (Lipinski definition) is 1. The van der Waals surface area contributed by atoms with Gasteiger partial charge in [-0.2, -0.15) is 0 Å². The van der Waals surface area contributed by atoms with Crippen molar-refractivity contribution in [3.8, 4) is 11.1 Å². The highest BCUT2D eigenvalue weighted by Gasteiger charge is 2.16. The predicted molar refractivity (Wildman–Crippen MR) is 67.3 cm³/mol. The van der Waals surface area contributed by atoms with E-state index in [1.807, 2.05) is 12.1 Å². The maximum absolute atomic E-state index is 13.8. The van der Waals surface area contributed by atoms with E-state index in [1.54, 1.807) is 6.07 Å². The highest BCUT2D eigenvalue weighted by molar-refractivity contribution is 6.33. The second-order valence-corrected chi connectivity index (χ2v) is 4.68. The SMILES string of the molecule is Fc1ccc(F)c(-c2ccc3c(c2)CNC3)c1Cl. The van der Waals surface area contributed by atoms with Gasteiger partial charge in [-0.3, -0.25) is 0 Å². The van der Waals surface area contributed by atoms with Gasteiger partial charge < -0.3 is 5.32 Å². The van der Waals surface area contributed by atoms with E-state index in [-0.39, 0.29) is 10.6 Å². The summed E-state index contributed by atoms with van der Waals surface area (Å²) in [4.78, 5) is 0. The van der Waals surface area contributed by atoms with E-state index in [4.69, 9.17) is 11.6 Å². The zero-order valence-corrected chi connectivity index (χ0v) is 10.2. The number of fused-ring (bicyclic) bond motifs is 1. The van der Waals surface area contributed by atoms with Gasteiger partial charge in [0.25, 0.3) is 0 Å². The minimum Gasteiger partial charge on any atom is -0.309 e. The third kappa shape index (κ3) is 1.80. The van der Waals surface area contributed by atoms with E-state index >= 15 is 0 Å². The van der Waals surface area contributed by atoms with Crippen molar-refractivity contribution < 1.29 is 8.78 Å². The summed E-state index contributed by atoms with van der Waals surface area (Å²) >= 11 is 5.85. The lowest BCUT2D eigenvalue weighted by Gasteiger charge is -2.08. The van der Waals surface area contributed by atoms with E-state index in [2.05, 4.69) is 5.32 Å². The van der Waals surface area contributed by atoms with Gasteiger partial charge in [0.15, 0.2) is 0 Å². The molecule has 0 aliphatic carbocycles. The van der Waals surface area contributed by atoms with E-state index in [0.717, 1.165) is 30.8 Å². The quantitative estimate of drug-likeness (QED) is 0.772. The van der Waals surface area contributed by atoms with E-state index in [0.29, 0.717) is 5.56 Å². The Labute approximate surface area is 108 Å². The molecule has 0 fully saturated rings. The largest absolute Gasteiger partial charge is 0.309 e. The molecule has 0 saturated heterocycles. The van der Waals surface area contributed by atoms with Crippen LogP contribution in [0, 0.1) is 11.6 Å². The summed E-state index contributed by atoms with van der Waals surface area (Å²) in [7, 11) is 0. The molecule has 0 radical (unpaired) electrons. The number of rotatable bonds is 1. The lowest BCUT2D eigenvalue weighted by molar-refractivity contribution is 0.603. The maximum atomic E-state index is 13.8. The van der Waals surface area contributed by atoms with Gasteiger partial charge in [-0.05, 0) is 34.9 Å². The molecule has 1 heterocycles. The zero-order valence-electron chi connectivity index (χ0n) is 9.43. The van der Waals surface area contributed by atoms with E-state index in [1.165, 1.54) is 5.56 Å². The standard InChI is InChI=1S/C14H10ClF2N/c15-14-12(17)4-3-11(16)13(14)8-1-2-9-6-18-7-10(9)5-8/h1-5,18H,6-7H2. The van der Waals surface area contributed by atoms with Crippen LogP contribution in [-0.2, 0) is 13.1 Å². The van der Waals surface area contributed by atoms with Crippen LogP contribution in [-0.4, -0.2) is 0 Å². The second kappa shape index (κ2) is 4.34. The van der Waals surface area contributed by atoms with E-state index in [9.17, 15) is 8.78 Å². The lowest BCUT2D eigenvalue weighted by Crippen LogP contribution is -1.99. The Morgan fingerprint density at radius 2 is 1.67 bits per heavy atom. The van der Waals surface area contributed by atoms with Crippen LogP contribution in [0.25, 0.3) is 11.1 Å². The van der Waals surface area contributed by atoms with Crippen LogP contribution in [0.2, 0.25) is 5.02 Å². The molecular weight excluding hydrogens is 256 g/mol. The summed E-state index contributed by atoms with van der Waals surface area (Å²) in [5.74, 6) is -1.11. The van der Waals surface area contributed by atoms with Crippen LogP contribution in [0.4, 0.5) is 8.78 Å². The Balaban J connectivity index is 2.18. The second-order valence-electron chi connectivity index (χ2n) is 4.31. The predicted octanol–water partition coefficient (Wildman–Crippen LogP) is 3.89. The molecule has 92 valence electrons. The summed E-state index contributed by atoms with van der Waals surface area (Å²) < 4.78 is 27.2. The highest BCUT2D eigenvalue weighted by Crippen LogP contribution is 2.34. The molecule has 1 aliphatic rings. The van der Waals surface area contributed by atoms with Crippen LogP contribution in [0.1, 0.15) is 11.1 Å². The molecule has 0 unspecified atom stereocenters. The molecule has 0 amide bonds. The molecule has 1 N–H and O–H groups in total. The van der Waals surface area contributed by atoms with Crippen molar-refractivity contribution in [3.05, 3.63) is 58.1 Å². The highest BCUT2D eigenvalue weighted by atomic mass is 35.5. The van der Waals surface area contributed by atoms with Crippen molar-refractivity contribution in [3.63, 3.8) is 0 Å². The Morgan fingerprint density at radius 3 is 2.50 bits per heavy atom. The molecule has 0 spiro atoms. The maximum Gasteiger partial charge on any atom is 0.142 e. The van der Waals surface area contributed by atoms with Gasteiger partial charge in [0, 0.05) is 18.7 Å². The Kier molecular flexibility index (Phi) is 2.80. The molecule has 3 rings (SSSR count). The topological polar surface area (TPSA) is 12.0 Å². The number of halogens is 3. The molecule has 1 nitrogen and oxygen atoms in total. The third-order valence-electron chi connectivity index (χ3n) is 3.17. The Morgan fingerprint density at radius 1 is 0.944 bits per heavy atom. The first-order chi connectivity index (χ1) is 8.66. The number of benzene rings is 2. The normalized spacial score (nSPS) is 13.7. The van der Waals surface area contributed by atoms with Crippen LogP contribution in [0.5, 0.6) is 0 Å². The number of hydrogen-bond acceptors (Lipinski definition) is 1. The van der Waals surface area contributed by atoms with Crippen LogP contribution < -0.4 is 5.32 Å². The molecule has 0 aromatic heterocycles. The van der Waals surface area contributed by atoms with Gasteiger partial charge in [-0.1, -0.05) is 23.7 Å². The monoisotopic (exact) mass is 265 g/mol. The summed E-state index contributed by atoms with van der Waals surface area (Å²) in [5, 5.41) is 3.04. The molecule has 1 aliphatic heterocycles. The first kappa shape index (κ1) is 11.6. The lowest BCUT2D eigenvalue weighted by atomic mass is 10.00. The number of nitrogens with one attached hydrogen (secondary N) is 1. The van der Waals surface area contributed by atoms with Crippen molar-refractivity contribution in [2.24, 2.45) is 0 Å². The van der Waals surface area contributed by atoms with Crippen LogP contribution >= 0.6 is 11.6 Å². The third-order valence-corrected chi connectivity index (χ3v) is 3.54. The minimum absolute atomic E-state index is 0.131. The first-order valence-electron chi connectivity index (χ1n) is 5.63. The van der Waals surface area contributed by atoms with Crippen molar-refractivity contribution in [1.82, 2.24) is 5.32 Å². The van der Waals surface area contributed by atoms with Gasteiger partial charge in [0.1, 0.15) is 11.6 Å². The Hall–Kier alpha value is -1.45. The molecular formula is C14H10ClF2N. The van der Waals surface area contributed by atoms with Gasteiger partial charge in [-0.15, -0.1) is 0 Å². The van der Waals surface area contributed by atoms with Crippen molar-refractivity contribution in [2.75, 3.05) is 0 Å². The van der Waals surface area contributed by atoms with Gasteiger partial charge >= 0.3 is 0 Å². The Bertz CT molecular complexity index is 625. The average molecular weight is 266 g/mol. The molecule has 18 heavy (non-hydrogen) atoms. The smallest absolute Gasteiger partial charge is 0.142 e. The fourth-order valence-corrected chi connectivity index (χ4v) is 2.50. The van der Waals surface area contributed by atoms with E-state index < -0.39 is 11.6 Å². The molecule has 0 bridgehead atoms. The molecule has 4 heteroatoms. The first-order valence-corrected chi connectivity index (χ1v) is 6.01. The van der Waals surface area contributed by atoms with Gasteiger partial charge in [-0.25, -0.2) is 8.78 Å². The van der Waals surface area contributed by atoms with Crippen LogP contribution in [0.15, 0.2) is 30.3 Å². The summed E-state index contributed by atoms with van der Waals surface area (Å²) in [5.41, 5.74) is 3.03. The van der Waals surface area contributed by atoms with Crippen molar-refractivity contribution in [2.45, 2.75) is 13.1 Å². The minimum atomic E-state index is -0.605. The fraction of sp³-hybridized carbons (Fsp3) is 0.143. The van der Waals surface area contributed by atoms with Gasteiger partial charge in [0.2, 0.25) is 0 Å². The van der Waals surface area contributed by atoms with Crippen molar-refractivity contribution in [1.29, 1.82) is 0 Å². The van der Waals surface area contributed by atoms with Gasteiger partial charge in [0.05, 0.1) is 5.02 Å². The zero-order chi connectivity index (χ0) is 12.7. The molecule has 2 aromatic rings. The fourth-order valence-electron chi connectivity index (χ4n) is 2.24. The summed E-state index contributed by atoms with van der Waals surface area (Å²) in [6.07, 6.45) is 0. The van der Waals surface area contributed by atoms with Crippen molar-refractivity contribution >= 4 is 11.6 Å². The average Bonchev–Trinajstić information content (AvgIpc) is 2.82. The van der Waals surface area contributed by atoms with Crippen LogP contribution in [0.3, 0.4) is 0 Å². The molecule has 2 aromatic carbocycles. The summed E-state index contributed by atoms with van der Waals surface area (Å²) in [6, 6.07) is 7.69. The molecule has 0 saturated carbocycles.